The molecule has 1 nitrogen and oxygen atoms in total. The van der Waals surface area contributed by atoms with E-state index in [1.54, 1.807) is 12.1 Å². The molecule has 1 aromatic rings. The first-order valence-electron chi connectivity index (χ1n) is 6.14. The first-order chi connectivity index (χ1) is 8.18. The number of hydrogen-bond donors (Lipinski definition) is 0. The Kier molecular flexibility index (Phi) is 3.05. The third-order valence-corrected chi connectivity index (χ3v) is 4.96. The summed E-state index contributed by atoms with van der Waals surface area (Å²) in [7, 11) is 0. The van der Waals surface area contributed by atoms with Crippen molar-refractivity contribution in [3.63, 3.8) is 0 Å². The second-order valence-corrected chi connectivity index (χ2v) is 6.69. The van der Waals surface area contributed by atoms with Gasteiger partial charge in [-0.05, 0) is 28.5 Å². The van der Waals surface area contributed by atoms with Crippen LogP contribution in [0.25, 0.3) is 0 Å². The Hall–Kier alpha value is -0.890. The minimum atomic E-state index is -0.396. The number of halogens is 2. The van der Waals surface area contributed by atoms with Crippen LogP contribution in [0.2, 0.25) is 5.02 Å². The highest BCUT2D eigenvalue weighted by Crippen LogP contribution is 2.68. The summed E-state index contributed by atoms with van der Waals surface area (Å²) >= 11 is 5.69. The number of benzene rings is 1. The summed E-state index contributed by atoms with van der Waals surface area (Å²) in [6.07, 6.45) is 0.153. The summed E-state index contributed by atoms with van der Waals surface area (Å²) < 4.78 is 13.6. The predicted molar refractivity (Wildman–Crippen MR) is 71.2 cm³/mol. The Balaban J connectivity index is 2.14. The van der Waals surface area contributed by atoms with Crippen molar-refractivity contribution in [3.8, 4) is 0 Å². The molecule has 0 aliphatic heterocycles. The van der Waals surface area contributed by atoms with Gasteiger partial charge in [-0.2, -0.15) is 0 Å². The van der Waals surface area contributed by atoms with Crippen LogP contribution < -0.4 is 0 Å². The fraction of sp³-hybridized carbons (Fsp3) is 0.533. The summed E-state index contributed by atoms with van der Waals surface area (Å²) in [5.41, 5.74) is 0.447. The van der Waals surface area contributed by atoms with Crippen molar-refractivity contribution >= 4 is 17.4 Å². The summed E-state index contributed by atoms with van der Waals surface area (Å²) in [5, 5.41) is 0.357. The second kappa shape index (κ2) is 4.06. The van der Waals surface area contributed by atoms with Gasteiger partial charge in [0.2, 0.25) is 0 Å². The van der Waals surface area contributed by atoms with E-state index in [4.69, 9.17) is 11.6 Å². The fourth-order valence-corrected chi connectivity index (χ4v) is 3.11. The quantitative estimate of drug-likeness (QED) is 0.800. The standard InChI is InChI=1S/C15H18ClFO/c1-14(2)13(15(14,3)4)12(18)7-9-5-6-10(16)8-11(9)17/h5-6,8,13H,7H2,1-4H3. The zero-order valence-electron chi connectivity index (χ0n) is 11.2. The lowest BCUT2D eigenvalue weighted by atomic mass is 10.0. The van der Waals surface area contributed by atoms with Crippen LogP contribution in [-0.4, -0.2) is 5.78 Å². The molecule has 3 heteroatoms. The Labute approximate surface area is 112 Å². The van der Waals surface area contributed by atoms with Crippen molar-refractivity contribution < 1.29 is 9.18 Å². The smallest absolute Gasteiger partial charge is 0.141 e. The Morgan fingerprint density at radius 2 is 1.83 bits per heavy atom. The van der Waals surface area contributed by atoms with Gasteiger partial charge in [0, 0.05) is 17.4 Å². The SMILES string of the molecule is CC1(C)C(C(=O)Cc2ccc(Cl)cc2F)C1(C)C. The lowest BCUT2D eigenvalue weighted by Crippen LogP contribution is -2.11. The van der Waals surface area contributed by atoms with Crippen molar-refractivity contribution in [1.29, 1.82) is 0 Å². The lowest BCUT2D eigenvalue weighted by molar-refractivity contribution is -0.120. The molecule has 1 fully saturated rings. The van der Waals surface area contributed by atoms with E-state index in [0.717, 1.165) is 0 Å². The van der Waals surface area contributed by atoms with Crippen molar-refractivity contribution in [2.45, 2.75) is 34.1 Å². The van der Waals surface area contributed by atoms with Crippen LogP contribution in [0, 0.1) is 22.6 Å². The molecule has 0 heterocycles. The van der Waals surface area contributed by atoms with Gasteiger partial charge in [0.05, 0.1) is 0 Å². The molecule has 0 atom stereocenters. The minimum absolute atomic E-state index is 0.00693. The molecule has 1 saturated carbocycles. The van der Waals surface area contributed by atoms with Gasteiger partial charge < -0.3 is 0 Å². The van der Waals surface area contributed by atoms with Gasteiger partial charge in [-0.3, -0.25) is 4.79 Å². The highest BCUT2D eigenvalue weighted by atomic mass is 35.5. The zero-order chi connectivity index (χ0) is 13.7. The van der Waals surface area contributed by atoms with E-state index in [2.05, 4.69) is 27.7 Å². The second-order valence-electron chi connectivity index (χ2n) is 6.26. The van der Waals surface area contributed by atoms with E-state index >= 15 is 0 Å². The number of carbonyl (C=O) groups excluding carboxylic acids is 1. The maximum atomic E-state index is 13.6. The lowest BCUT2D eigenvalue weighted by Gasteiger charge is -2.04. The average Bonchev–Trinajstić information content (AvgIpc) is 2.62. The van der Waals surface area contributed by atoms with Crippen LogP contribution in [0.4, 0.5) is 4.39 Å². The van der Waals surface area contributed by atoms with Crippen molar-refractivity contribution in [1.82, 2.24) is 0 Å². The van der Waals surface area contributed by atoms with E-state index in [-0.39, 0.29) is 29.0 Å². The van der Waals surface area contributed by atoms with Gasteiger partial charge in [-0.15, -0.1) is 0 Å². The van der Waals surface area contributed by atoms with Crippen LogP contribution in [0.3, 0.4) is 0 Å². The summed E-state index contributed by atoms with van der Waals surface area (Å²) in [4.78, 5) is 12.2. The van der Waals surface area contributed by atoms with Crippen molar-refractivity contribution in [2.24, 2.45) is 16.7 Å². The number of hydrogen-bond acceptors (Lipinski definition) is 1. The topological polar surface area (TPSA) is 17.1 Å². The molecule has 0 bridgehead atoms. The molecule has 0 amide bonds. The third kappa shape index (κ3) is 1.97. The monoisotopic (exact) mass is 268 g/mol. The molecule has 0 unspecified atom stereocenters. The van der Waals surface area contributed by atoms with Gasteiger partial charge in [-0.1, -0.05) is 45.4 Å². The average molecular weight is 269 g/mol. The van der Waals surface area contributed by atoms with Gasteiger partial charge in [0.15, 0.2) is 0 Å². The number of ketones is 1. The van der Waals surface area contributed by atoms with Crippen LogP contribution >= 0.6 is 11.6 Å². The Morgan fingerprint density at radius 3 is 2.28 bits per heavy atom. The Bertz CT molecular complexity index is 491. The van der Waals surface area contributed by atoms with E-state index < -0.39 is 5.82 Å². The molecule has 98 valence electrons. The summed E-state index contributed by atoms with van der Waals surface area (Å²) in [5.74, 6) is -0.265. The van der Waals surface area contributed by atoms with E-state index in [0.29, 0.717) is 10.6 Å². The molecule has 0 spiro atoms. The van der Waals surface area contributed by atoms with Crippen molar-refractivity contribution in [3.05, 3.63) is 34.6 Å². The van der Waals surface area contributed by atoms with E-state index in [1.165, 1.54) is 6.07 Å². The molecule has 0 aromatic heterocycles. The van der Waals surface area contributed by atoms with Gasteiger partial charge in [0.25, 0.3) is 0 Å². The summed E-state index contributed by atoms with van der Waals surface area (Å²) in [6.45, 7) is 8.36. The molecule has 18 heavy (non-hydrogen) atoms. The van der Waals surface area contributed by atoms with Gasteiger partial charge >= 0.3 is 0 Å². The van der Waals surface area contributed by atoms with Crippen LogP contribution in [0.1, 0.15) is 33.3 Å². The van der Waals surface area contributed by atoms with Crippen LogP contribution in [0.15, 0.2) is 18.2 Å². The maximum absolute atomic E-state index is 13.6. The van der Waals surface area contributed by atoms with Gasteiger partial charge in [0.1, 0.15) is 11.6 Å². The summed E-state index contributed by atoms with van der Waals surface area (Å²) in [6, 6.07) is 4.47. The van der Waals surface area contributed by atoms with Crippen molar-refractivity contribution in [2.75, 3.05) is 0 Å². The number of rotatable bonds is 3. The first-order valence-corrected chi connectivity index (χ1v) is 6.52. The molecule has 1 aromatic carbocycles. The minimum Gasteiger partial charge on any atom is -0.299 e. The number of Topliss-reactive ketones (excluding diaryl/α,β-unsaturated/α-hetero) is 1. The maximum Gasteiger partial charge on any atom is 0.141 e. The molecule has 0 radical (unpaired) electrons. The highest BCUT2D eigenvalue weighted by Gasteiger charge is 2.67. The third-order valence-electron chi connectivity index (χ3n) is 4.72. The molecule has 0 N–H and O–H groups in total. The first kappa shape index (κ1) is 13.5. The molecule has 0 saturated heterocycles. The predicted octanol–water partition coefficient (Wildman–Crippen LogP) is 4.27. The zero-order valence-corrected chi connectivity index (χ0v) is 11.9. The van der Waals surface area contributed by atoms with E-state index in [1.807, 2.05) is 0 Å². The van der Waals surface area contributed by atoms with E-state index in [9.17, 15) is 9.18 Å². The molecular formula is C15H18ClFO. The largest absolute Gasteiger partial charge is 0.299 e. The molecular weight excluding hydrogens is 251 g/mol. The molecule has 1 aliphatic carbocycles. The highest BCUT2D eigenvalue weighted by molar-refractivity contribution is 6.30. The Morgan fingerprint density at radius 1 is 1.28 bits per heavy atom. The molecule has 1 aliphatic rings. The van der Waals surface area contributed by atoms with Crippen LogP contribution in [0.5, 0.6) is 0 Å². The number of carbonyl (C=O) groups is 1. The molecule has 2 rings (SSSR count). The van der Waals surface area contributed by atoms with Crippen LogP contribution in [-0.2, 0) is 11.2 Å². The van der Waals surface area contributed by atoms with Gasteiger partial charge in [-0.25, -0.2) is 4.39 Å². The fourth-order valence-electron chi connectivity index (χ4n) is 2.96. The normalized spacial score (nSPS) is 20.8.